The fourth-order valence-electron chi connectivity index (χ4n) is 3.80. The number of nitrogens with zero attached hydrogens (tertiary/aromatic N) is 1. The van der Waals surface area contributed by atoms with E-state index in [9.17, 15) is 4.79 Å². The highest BCUT2D eigenvalue weighted by molar-refractivity contribution is 5.82. The van der Waals surface area contributed by atoms with Crippen molar-refractivity contribution in [2.45, 2.75) is 38.4 Å². The summed E-state index contributed by atoms with van der Waals surface area (Å²) >= 11 is 0. The number of rotatable bonds is 3. The number of carbonyl (C=O) groups excluding carboxylic acids is 1. The number of nitrogens with one attached hydrogen (secondary N) is 1. The van der Waals surface area contributed by atoms with Gasteiger partial charge in [0.15, 0.2) is 0 Å². The number of hydrogen-bond donors (Lipinski definition) is 1. The molecule has 2 aromatic carbocycles. The van der Waals surface area contributed by atoms with Crippen molar-refractivity contribution in [3.8, 4) is 5.75 Å². The molecule has 0 spiro atoms. The molecule has 0 bridgehead atoms. The summed E-state index contributed by atoms with van der Waals surface area (Å²) in [7, 11) is 0. The molecule has 0 aliphatic carbocycles. The van der Waals surface area contributed by atoms with Gasteiger partial charge in [0.05, 0.1) is 18.7 Å². The molecule has 0 saturated heterocycles. The Morgan fingerprint density at radius 2 is 1.92 bits per heavy atom. The van der Waals surface area contributed by atoms with Gasteiger partial charge in [0.2, 0.25) is 5.91 Å². The minimum Gasteiger partial charge on any atom is -0.493 e. The lowest BCUT2D eigenvalue weighted by Gasteiger charge is -2.34. The zero-order valence-corrected chi connectivity index (χ0v) is 14.6. The Morgan fingerprint density at radius 1 is 1.16 bits per heavy atom. The first-order valence-corrected chi connectivity index (χ1v) is 9.05. The molecule has 130 valence electrons. The normalized spacial score (nSPS) is 20.8. The number of ether oxygens (including phenoxy) is 1. The Balaban J connectivity index is 1.44. The maximum absolute atomic E-state index is 12.8. The van der Waals surface area contributed by atoms with Crippen molar-refractivity contribution in [1.29, 1.82) is 0 Å². The minimum absolute atomic E-state index is 0.0389. The standard InChI is InChI=1S/C21H24N2O2/c1-15(23-12-10-16-6-2-3-7-17(16)14-23)21(24)22-19-11-13-25-20-9-5-4-8-18(19)20/h2-9,15,19H,10-14H2,1H3,(H,22,24)/t15-,19-/m0/s1. The number of hydrogen-bond acceptors (Lipinski definition) is 3. The van der Waals surface area contributed by atoms with Crippen LogP contribution in [-0.2, 0) is 17.8 Å². The second-order valence-electron chi connectivity index (χ2n) is 6.90. The van der Waals surface area contributed by atoms with Crippen molar-refractivity contribution in [2.75, 3.05) is 13.2 Å². The van der Waals surface area contributed by atoms with Gasteiger partial charge in [-0.3, -0.25) is 9.69 Å². The summed E-state index contributed by atoms with van der Waals surface area (Å²) in [5.74, 6) is 0.986. The number of benzene rings is 2. The zero-order valence-electron chi connectivity index (χ0n) is 14.6. The third-order valence-electron chi connectivity index (χ3n) is 5.36. The van der Waals surface area contributed by atoms with Crippen LogP contribution in [0.2, 0.25) is 0 Å². The molecule has 0 unspecified atom stereocenters. The Kier molecular flexibility index (Phi) is 4.45. The third-order valence-corrected chi connectivity index (χ3v) is 5.36. The van der Waals surface area contributed by atoms with Crippen molar-refractivity contribution >= 4 is 5.91 Å². The van der Waals surface area contributed by atoms with Crippen LogP contribution in [0, 0.1) is 0 Å². The van der Waals surface area contributed by atoms with Crippen LogP contribution < -0.4 is 10.1 Å². The van der Waals surface area contributed by atoms with E-state index in [1.54, 1.807) is 0 Å². The molecule has 25 heavy (non-hydrogen) atoms. The molecule has 4 heteroatoms. The topological polar surface area (TPSA) is 41.6 Å². The van der Waals surface area contributed by atoms with E-state index in [4.69, 9.17) is 4.74 Å². The summed E-state index contributed by atoms with van der Waals surface area (Å²) in [5.41, 5.74) is 3.83. The van der Waals surface area contributed by atoms with Gasteiger partial charge in [-0.25, -0.2) is 0 Å². The number of para-hydroxylation sites is 1. The average molecular weight is 336 g/mol. The van der Waals surface area contributed by atoms with Gasteiger partial charge >= 0.3 is 0 Å². The van der Waals surface area contributed by atoms with Gasteiger partial charge < -0.3 is 10.1 Å². The van der Waals surface area contributed by atoms with Gasteiger partial charge in [0.25, 0.3) is 0 Å². The van der Waals surface area contributed by atoms with E-state index in [0.717, 1.165) is 37.2 Å². The van der Waals surface area contributed by atoms with E-state index < -0.39 is 0 Å². The second-order valence-corrected chi connectivity index (χ2v) is 6.90. The van der Waals surface area contributed by atoms with Crippen molar-refractivity contribution < 1.29 is 9.53 Å². The van der Waals surface area contributed by atoms with Crippen LogP contribution >= 0.6 is 0 Å². The molecule has 0 aromatic heterocycles. The molecule has 4 rings (SSSR count). The molecule has 0 radical (unpaired) electrons. The molecule has 2 atom stereocenters. The second kappa shape index (κ2) is 6.89. The molecule has 0 fully saturated rings. The lowest BCUT2D eigenvalue weighted by atomic mass is 9.98. The number of amides is 1. The first kappa shape index (κ1) is 16.2. The summed E-state index contributed by atoms with van der Waals surface area (Å²) in [6, 6.07) is 16.4. The third kappa shape index (κ3) is 3.27. The first-order chi connectivity index (χ1) is 12.2. The largest absolute Gasteiger partial charge is 0.493 e. The fraction of sp³-hybridized carbons (Fsp3) is 0.381. The molecule has 1 amide bonds. The van der Waals surface area contributed by atoms with E-state index in [1.165, 1.54) is 11.1 Å². The highest BCUT2D eigenvalue weighted by atomic mass is 16.5. The number of fused-ring (bicyclic) bond motifs is 2. The molecular formula is C21H24N2O2. The smallest absolute Gasteiger partial charge is 0.237 e. The summed E-state index contributed by atoms with van der Waals surface area (Å²) in [4.78, 5) is 15.1. The van der Waals surface area contributed by atoms with E-state index in [-0.39, 0.29) is 18.0 Å². The quantitative estimate of drug-likeness (QED) is 0.936. The maximum atomic E-state index is 12.8. The number of carbonyl (C=O) groups is 1. The SMILES string of the molecule is C[C@@H](C(=O)N[C@H]1CCOc2ccccc21)N1CCc2ccccc2C1. The van der Waals surface area contributed by atoms with Crippen LogP contribution in [0.5, 0.6) is 5.75 Å². The van der Waals surface area contributed by atoms with Gasteiger partial charge in [-0.05, 0) is 30.5 Å². The Bertz CT molecular complexity index is 774. The van der Waals surface area contributed by atoms with Crippen molar-refractivity contribution in [1.82, 2.24) is 10.2 Å². The highest BCUT2D eigenvalue weighted by Crippen LogP contribution is 2.31. The summed E-state index contributed by atoms with van der Waals surface area (Å²) < 4.78 is 5.69. The van der Waals surface area contributed by atoms with Gasteiger partial charge in [-0.1, -0.05) is 42.5 Å². The minimum atomic E-state index is -0.136. The van der Waals surface area contributed by atoms with Crippen LogP contribution in [0.4, 0.5) is 0 Å². The van der Waals surface area contributed by atoms with Crippen LogP contribution in [-0.4, -0.2) is 30.0 Å². The van der Waals surface area contributed by atoms with Crippen LogP contribution in [0.15, 0.2) is 48.5 Å². The van der Waals surface area contributed by atoms with Crippen LogP contribution in [0.25, 0.3) is 0 Å². The highest BCUT2D eigenvalue weighted by Gasteiger charge is 2.28. The van der Waals surface area contributed by atoms with Crippen LogP contribution in [0.1, 0.15) is 36.1 Å². The summed E-state index contributed by atoms with van der Waals surface area (Å²) in [6.07, 6.45) is 1.83. The molecule has 4 nitrogen and oxygen atoms in total. The van der Waals surface area contributed by atoms with Crippen molar-refractivity contribution in [3.63, 3.8) is 0 Å². The summed E-state index contributed by atoms with van der Waals surface area (Å²) in [5, 5.41) is 3.24. The van der Waals surface area contributed by atoms with E-state index >= 15 is 0 Å². The summed E-state index contributed by atoms with van der Waals surface area (Å²) in [6.45, 7) is 4.42. The molecule has 2 aromatic rings. The lowest BCUT2D eigenvalue weighted by Crippen LogP contribution is -2.48. The van der Waals surface area contributed by atoms with Gasteiger partial charge in [0.1, 0.15) is 5.75 Å². The van der Waals surface area contributed by atoms with E-state index in [0.29, 0.717) is 6.61 Å². The average Bonchev–Trinajstić information content (AvgIpc) is 2.67. The Labute approximate surface area is 148 Å². The molecule has 1 N–H and O–H groups in total. The van der Waals surface area contributed by atoms with Crippen LogP contribution in [0.3, 0.4) is 0 Å². The molecule has 2 heterocycles. The van der Waals surface area contributed by atoms with Crippen molar-refractivity contribution in [2.24, 2.45) is 0 Å². The van der Waals surface area contributed by atoms with Gasteiger partial charge in [-0.15, -0.1) is 0 Å². The zero-order chi connectivity index (χ0) is 17.2. The lowest BCUT2D eigenvalue weighted by molar-refractivity contribution is -0.127. The predicted molar refractivity (Wildman–Crippen MR) is 97.5 cm³/mol. The molecule has 2 aliphatic rings. The molecule has 0 saturated carbocycles. The van der Waals surface area contributed by atoms with Crippen molar-refractivity contribution in [3.05, 3.63) is 65.2 Å². The maximum Gasteiger partial charge on any atom is 0.237 e. The first-order valence-electron chi connectivity index (χ1n) is 9.05. The Morgan fingerprint density at radius 3 is 2.80 bits per heavy atom. The molecular weight excluding hydrogens is 312 g/mol. The van der Waals surface area contributed by atoms with E-state index in [1.807, 2.05) is 31.2 Å². The monoisotopic (exact) mass is 336 g/mol. The van der Waals surface area contributed by atoms with Gasteiger partial charge in [-0.2, -0.15) is 0 Å². The molecule has 2 aliphatic heterocycles. The Hall–Kier alpha value is -2.33. The van der Waals surface area contributed by atoms with E-state index in [2.05, 4.69) is 34.5 Å². The van der Waals surface area contributed by atoms with Gasteiger partial charge in [0, 0.05) is 25.1 Å². The fourth-order valence-corrected chi connectivity index (χ4v) is 3.80. The predicted octanol–water partition coefficient (Wildman–Crippen LogP) is 3.07.